The average molecular weight is 339 g/mol. The van der Waals surface area contributed by atoms with E-state index in [9.17, 15) is 4.79 Å². The van der Waals surface area contributed by atoms with Crippen molar-refractivity contribution < 1.29 is 13.9 Å². The summed E-state index contributed by atoms with van der Waals surface area (Å²) in [6.45, 7) is 9.99. The van der Waals surface area contributed by atoms with Crippen LogP contribution in [0.15, 0.2) is 41.0 Å². The number of benzene rings is 1. The van der Waals surface area contributed by atoms with Crippen molar-refractivity contribution in [2.75, 3.05) is 6.54 Å². The number of hydrogen-bond acceptors (Lipinski definition) is 3. The molecule has 1 aromatic heterocycles. The summed E-state index contributed by atoms with van der Waals surface area (Å²) in [6, 6.07) is 9.95. The van der Waals surface area contributed by atoms with Gasteiger partial charge in [-0.15, -0.1) is 0 Å². The third kappa shape index (κ3) is 5.72. The standard InChI is InChI=1S/C21H25NO3/c1-15(2)17-11-10-16(18(14-17)19-9-7-13-24-19)8-6-12-22-20(23)25-21(3,4)5/h7,9-11,13-15H,12H2,1-5H3,(H,22,23). The van der Waals surface area contributed by atoms with Crippen LogP contribution >= 0.6 is 0 Å². The molecule has 0 spiro atoms. The summed E-state index contributed by atoms with van der Waals surface area (Å²) in [4.78, 5) is 11.6. The number of alkyl carbamates (subject to hydrolysis) is 1. The van der Waals surface area contributed by atoms with E-state index in [1.165, 1.54) is 5.56 Å². The zero-order chi connectivity index (χ0) is 18.4. The SMILES string of the molecule is CC(C)c1ccc(C#CCNC(=O)OC(C)(C)C)c(-c2ccco2)c1. The Bertz CT molecular complexity index is 772. The van der Waals surface area contributed by atoms with Gasteiger partial charge in [0.2, 0.25) is 0 Å². The predicted molar refractivity (Wildman–Crippen MR) is 99.3 cm³/mol. The Morgan fingerprint density at radius 3 is 2.64 bits per heavy atom. The first-order valence-electron chi connectivity index (χ1n) is 8.40. The summed E-state index contributed by atoms with van der Waals surface area (Å²) in [5.41, 5.74) is 2.53. The minimum Gasteiger partial charge on any atom is -0.464 e. The van der Waals surface area contributed by atoms with Gasteiger partial charge in [0.15, 0.2) is 0 Å². The Balaban J connectivity index is 2.14. The van der Waals surface area contributed by atoms with E-state index in [0.717, 1.165) is 16.9 Å². The monoisotopic (exact) mass is 339 g/mol. The van der Waals surface area contributed by atoms with E-state index in [2.05, 4.69) is 43.1 Å². The van der Waals surface area contributed by atoms with Gasteiger partial charge in [0.25, 0.3) is 0 Å². The topological polar surface area (TPSA) is 51.5 Å². The molecule has 0 saturated carbocycles. The van der Waals surface area contributed by atoms with Crippen LogP contribution in [0, 0.1) is 11.8 Å². The van der Waals surface area contributed by atoms with E-state index in [0.29, 0.717) is 5.92 Å². The molecule has 2 aromatic rings. The van der Waals surface area contributed by atoms with E-state index >= 15 is 0 Å². The molecule has 1 aromatic carbocycles. The van der Waals surface area contributed by atoms with E-state index in [-0.39, 0.29) is 6.54 Å². The third-order valence-corrected chi connectivity index (χ3v) is 3.44. The molecule has 0 aliphatic rings. The van der Waals surface area contributed by atoms with Crippen LogP contribution < -0.4 is 5.32 Å². The lowest BCUT2D eigenvalue weighted by atomic mass is 9.96. The summed E-state index contributed by atoms with van der Waals surface area (Å²) in [7, 11) is 0. The number of carbonyl (C=O) groups is 1. The second-order valence-electron chi connectivity index (χ2n) is 7.09. The number of ether oxygens (including phenoxy) is 1. The van der Waals surface area contributed by atoms with Crippen LogP contribution in [0.25, 0.3) is 11.3 Å². The van der Waals surface area contributed by atoms with Gasteiger partial charge in [0.05, 0.1) is 12.8 Å². The average Bonchev–Trinajstić information content (AvgIpc) is 3.04. The quantitative estimate of drug-likeness (QED) is 0.805. The van der Waals surface area contributed by atoms with Gasteiger partial charge in [0.1, 0.15) is 11.4 Å². The molecule has 0 aliphatic heterocycles. The molecule has 4 heteroatoms. The number of rotatable bonds is 3. The lowest BCUT2D eigenvalue weighted by molar-refractivity contribution is 0.0535. The molecule has 0 bridgehead atoms. The predicted octanol–water partition coefficient (Wildman–Crippen LogP) is 4.95. The van der Waals surface area contributed by atoms with Gasteiger partial charge in [-0.1, -0.05) is 31.8 Å². The molecule has 25 heavy (non-hydrogen) atoms. The molecule has 0 radical (unpaired) electrons. The minimum atomic E-state index is -0.517. The van der Waals surface area contributed by atoms with Gasteiger partial charge in [-0.2, -0.15) is 0 Å². The van der Waals surface area contributed by atoms with Crippen molar-refractivity contribution in [2.45, 2.75) is 46.1 Å². The van der Waals surface area contributed by atoms with Crippen molar-refractivity contribution in [1.82, 2.24) is 5.32 Å². The normalized spacial score (nSPS) is 11.0. The Labute approximate surface area is 149 Å². The highest BCUT2D eigenvalue weighted by Gasteiger charge is 2.15. The fourth-order valence-electron chi connectivity index (χ4n) is 2.24. The van der Waals surface area contributed by atoms with Crippen LogP contribution in [-0.4, -0.2) is 18.2 Å². The molecule has 4 nitrogen and oxygen atoms in total. The number of hydrogen-bond donors (Lipinski definition) is 1. The smallest absolute Gasteiger partial charge is 0.408 e. The first kappa shape index (κ1) is 18.7. The first-order chi connectivity index (χ1) is 11.8. The summed E-state index contributed by atoms with van der Waals surface area (Å²) in [6.07, 6.45) is 1.18. The number of amides is 1. The van der Waals surface area contributed by atoms with Crippen molar-refractivity contribution >= 4 is 6.09 Å². The van der Waals surface area contributed by atoms with E-state index in [1.807, 2.05) is 39.0 Å². The highest BCUT2D eigenvalue weighted by molar-refractivity contribution is 5.69. The zero-order valence-corrected chi connectivity index (χ0v) is 15.5. The summed E-state index contributed by atoms with van der Waals surface area (Å²) in [5, 5.41) is 2.64. The minimum absolute atomic E-state index is 0.221. The van der Waals surface area contributed by atoms with Gasteiger partial charge in [0, 0.05) is 11.1 Å². The lowest BCUT2D eigenvalue weighted by Gasteiger charge is -2.19. The van der Waals surface area contributed by atoms with Crippen LogP contribution in [0.3, 0.4) is 0 Å². The summed E-state index contributed by atoms with van der Waals surface area (Å²) >= 11 is 0. The molecule has 1 amide bonds. The molecular formula is C21H25NO3. The van der Waals surface area contributed by atoms with Crippen LogP contribution in [-0.2, 0) is 4.74 Å². The molecule has 0 aliphatic carbocycles. The van der Waals surface area contributed by atoms with Gasteiger partial charge in [-0.05, 0) is 56.5 Å². The molecule has 132 valence electrons. The molecule has 0 saturated heterocycles. The van der Waals surface area contributed by atoms with Crippen molar-refractivity contribution in [3.8, 4) is 23.2 Å². The highest BCUT2D eigenvalue weighted by Crippen LogP contribution is 2.27. The van der Waals surface area contributed by atoms with Crippen molar-refractivity contribution in [1.29, 1.82) is 0 Å². The van der Waals surface area contributed by atoms with Crippen molar-refractivity contribution in [2.24, 2.45) is 0 Å². The number of furan rings is 1. The molecule has 2 rings (SSSR count). The molecule has 1 N–H and O–H groups in total. The lowest BCUT2D eigenvalue weighted by Crippen LogP contribution is -2.32. The zero-order valence-electron chi connectivity index (χ0n) is 15.5. The molecular weight excluding hydrogens is 314 g/mol. The fraction of sp³-hybridized carbons (Fsp3) is 0.381. The number of carbonyl (C=O) groups excluding carboxylic acids is 1. The highest BCUT2D eigenvalue weighted by atomic mass is 16.6. The number of nitrogens with one attached hydrogen (secondary N) is 1. The van der Waals surface area contributed by atoms with Gasteiger partial charge in [-0.3, -0.25) is 0 Å². The second-order valence-corrected chi connectivity index (χ2v) is 7.09. The van der Waals surface area contributed by atoms with Crippen LogP contribution in [0.1, 0.15) is 51.7 Å². The fourth-order valence-corrected chi connectivity index (χ4v) is 2.24. The maximum absolute atomic E-state index is 11.6. The first-order valence-corrected chi connectivity index (χ1v) is 8.40. The van der Waals surface area contributed by atoms with Crippen LogP contribution in [0.5, 0.6) is 0 Å². The van der Waals surface area contributed by atoms with E-state index in [4.69, 9.17) is 9.15 Å². The Hall–Kier alpha value is -2.67. The largest absolute Gasteiger partial charge is 0.464 e. The summed E-state index contributed by atoms with van der Waals surface area (Å²) in [5.74, 6) is 7.28. The van der Waals surface area contributed by atoms with Gasteiger partial charge in [-0.25, -0.2) is 4.79 Å². The molecule has 1 heterocycles. The molecule has 0 fully saturated rings. The van der Waals surface area contributed by atoms with Crippen molar-refractivity contribution in [3.63, 3.8) is 0 Å². The second kappa shape index (κ2) is 7.94. The van der Waals surface area contributed by atoms with Crippen LogP contribution in [0.4, 0.5) is 4.79 Å². The van der Waals surface area contributed by atoms with E-state index in [1.54, 1.807) is 6.26 Å². The third-order valence-electron chi connectivity index (χ3n) is 3.44. The van der Waals surface area contributed by atoms with Crippen LogP contribution in [0.2, 0.25) is 0 Å². The van der Waals surface area contributed by atoms with E-state index < -0.39 is 11.7 Å². The Kier molecular flexibility index (Phi) is 5.93. The Morgan fingerprint density at radius 1 is 1.28 bits per heavy atom. The van der Waals surface area contributed by atoms with Crippen molar-refractivity contribution in [3.05, 3.63) is 47.7 Å². The molecule has 0 atom stereocenters. The Morgan fingerprint density at radius 2 is 2.04 bits per heavy atom. The summed E-state index contributed by atoms with van der Waals surface area (Å²) < 4.78 is 10.7. The molecule has 0 unspecified atom stereocenters. The maximum atomic E-state index is 11.6. The van der Waals surface area contributed by atoms with Gasteiger partial charge < -0.3 is 14.5 Å². The maximum Gasteiger partial charge on any atom is 0.408 e. The van der Waals surface area contributed by atoms with Gasteiger partial charge >= 0.3 is 6.09 Å².